The lowest BCUT2D eigenvalue weighted by Crippen LogP contribution is -2.36. The molecule has 0 saturated heterocycles. The first-order valence-electron chi connectivity index (χ1n) is 26.6. The van der Waals surface area contributed by atoms with E-state index in [4.69, 9.17) is 8.83 Å². The second kappa shape index (κ2) is 17.4. The number of anilines is 9. The summed E-state index contributed by atoms with van der Waals surface area (Å²) in [6.07, 6.45) is 0. The van der Waals surface area contributed by atoms with E-state index in [1.165, 1.54) is 33.4 Å². The van der Waals surface area contributed by atoms with Gasteiger partial charge < -0.3 is 23.5 Å². The summed E-state index contributed by atoms with van der Waals surface area (Å²) in [6, 6.07) is 103. The summed E-state index contributed by atoms with van der Waals surface area (Å²) < 4.78 is 14.1. The van der Waals surface area contributed by atoms with Gasteiger partial charge in [-0.25, -0.2) is 0 Å². The molecule has 1 aliphatic carbocycles. The maximum absolute atomic E-state index is 7.50. The van der Waals surface area contributed by atoms with Gasteiger partial charge in [-0.3, -0.25) is 0 Å². The quantitative estimate of drug-likeness (QED) is 0.152. The van der Waals surface area contributed by atoms with Crippen molar-refractivity contribution in [3.63, 3.8) is 0 Å². The molecule has 5 nitrogen and oxygen atoms in total. The lowest BCUT2D eigenvalue weighted by Gasteiger charge is -2.45. The van der Waals surface area contributed by atoms with Crippen LogP contribution in [0.5, 0.6) is 0 Å². The molecule has 0 N–H and O–H groups in total. The standard InChI is InChI=1S/C73H47N3O2/c1-5-19-48(20-6-1)49-33-35-53(36-34-49)76-67-44-39-54(75(52-25-11-4-12-26-52)56-37-40-60-59-29-15-18-32-68(59)77-69(60)46-56)45-66(67)73(63-30-16-13-27-57(63)58-28-14-17-31-64(58)73)65-43-42-62-61-41-38-55(47-70(61)78-72(62)71(65)76)74(50-21-7-2-8-22-50)51-23-9-3-10-24-51/h1-47H. The van der Waals surface area contributed by atoms with Gasteiger partial charge in [-0.05, 0) is 148 Å². The molecule has 0 radical (unpaired) electrons. The van der Waals surface area contributed by atoms with Crippen LogP contribution in [-0.4, -0.2) is 0 Å². The minimum atomic E-state index is -0.769. The van der Waals surface area contributed by atoms with Gasteiger partial charge in [-0.15, -0.1) is 0 Å². The third-order valence-electron chi connectivity index (χ3n) is 16.2. The summed E-state index contributed by atoms with van der Waals surface area (Å²) in [5.74, 6) is 0. The molecule has 16 rings (SSSR count). The average Bonchev–Trinajstić information content (AvgIpc) is 3.54. The predicted molar refractivity (Wildman–Crippen MR) is 321 cm³/mol. The summed E-state index contributed by atoms with van der Waals surface area (Å²) in [6.45, 7) is 0. The van der Waals surface area contributed by atoms with Gasteiger partial charge in [-0.1, -0.05) is 170 Å². The first-order valence-corrected chi connectivity index (χ1v) is 26.6. The van der Waals surface area contributed by atoms with Crippen LogP contribution in [0.1, 0.15) is 22.3 Å². The Kier molecular flexibility index (Phi) is 9.78. The second-order valence-electron chi connectivity index (χ2n) is 20.4. The van der Waals surface area contributed by atoms with E-state index in [2.05, 4.69) is 288 Å². The van der Waals surface area contributed by atoms with Crippen LogP contribution in [0.15, 0.2) is 294 Å². The molecular formula is C73H47N3O2. The lowest BCUT2D eigenvalue weighted by molar-refractivity contribution is 0.663. The van der Waals surface area contributed by atoms with Gasteiger partial charge in [0, 0.05) is 73.5 Å². The summed E-state index contributed by atoms with van der Waals surface area (Å²) in [4.78, 5) is 7.14. The highest BCUT2D eigenvalue weighted by molar-refractivity contribution is 6.14. The molecule has 14 aromatic rings. The van der Waals surface area contributed by atoms with E-state index < -0.39 is 5.41 Å². The van der Waals surface area contributed by atoms with Gasteiger partial charge in [0.15, 0.2) is 5.58 Å². The van der Waals surface area contributed by atoms with Crippen molar-refractivity contribution in [3.05, 3.63) is 307 Å². The summed E-state index contributed by atoms with van der Waals surface area (Å²) >= 11 is 0. The van der Waals surface area contributed by atoms with Gasteiger partial charge in [0.2, 0.25) is 0 Å². The molecule has 2 aromatic heterocycles. The molecule has 0 bridgehead atoms. The van der Waals surface area contributed by atoms with Crippen molar-refractivity contribution in [1.29, 1.82) is 0 Å². The zero-order valence-corrected chi connectivity index (χ0v) is 42.3. The molecular weight excluding hydrogens is 951 g/mol. The van der Waals surface area contributed by atoms with Crippen molar-refractivity contribution >= 4 is 95.1 Å². The molecule has 1 aliphatic heterocycles. The van der Waals surface area contributed by atoms with Gasteiger partial charge >= 0.3 is 0 Å². The van der Waals surface area contributed by atoms with Crippen LogP contribution in [0.3, 0.4) is 0 Å². The van der Waals surface area contributed by atoms with E-state index >= 15 is 0 Å². The number of furan rings is 2. The Labute approximate surface area is 451 Å². The van der Waals surface area contributed by atoms with E-state index in [9.17, 15) is 0 Å². The van der Waals surface area contributed by atoms with Crippen molar-refractivity contribution < 1.29 is 8.83 Å². The minimum Gasteiger partial charge on any atom is -0.456 e. The molecule has 0 amide bonds. The lowest BCUT2D eigenvalue weighted by atomic mass is 9.64. The van der Waals surface area contributed by atoms with Crippen molar-refractivity contribution in [1.82, 2.24) is 0 Å². The number of rotatable bonds is 8. The smallest absolute Gasteiger partial charge is 0.159 e. The Bertz CT molecular complexity index is 4540. The van der Waals surface area contributed by atoms with Gasteiger partial charge in [-0.2, -0.15) is 0 Å². The van der Waals surface area contributed by atoms with E-state index in [0.717, 1.165) is 106 Å². The molecule has 12 aromatic carbocycles. The van der Waals surface area contributed by atoms with Crippen molar-refractivity contribution in [2.75, 3.05) is 14.7 Å². The Hall–Kier alpha value is -10.4. The van der Waals surface area contributed by atoms with Gasteiger partial charge in [0.1, 0.15) is 16.7 Å². The van der Waals surface area contributed by atoms with Crippen molar-refractivity contribution in [2.45, 2.75) is 5.41 Å². The normalized spacial score (nSPS) is 12.9. The van der Waals surface area contributed by atoms with Gasteiger partial charge in [0.25, 0.3) is 0 Å². The number of fused-ring (bicyclic) bond motifs is 16. The van der Waals surface area contributed by atoms with Crippen LogP contribution < -0.4 is 14.7 Å². The fourth-order valence-corrected chi connectivity index (χ4v) is 12.9. The first-order chi connectivity index (χ1) is 38.7. The Balaban J connectivity index is 0.980. The fourth-order valence-electron chi connectivity index (χ4n) is 12.9. The van der Waals surface area contributed by atoms with Crippen LogP contribution in [-0.2, 0) is 5.41 Å². The number of hydrogen-bond acceptors (Lipinski definition) is 5. The predicted octanol–water partition coefficient (Wildman–Crippen LogP) is 20.2. The molecule has 0 fully saturated rings. The fraction of sp³-hybridized carbons (Fsp3) is 0.0137. The highest BCUT2D eigenvalue weighted by atomic mass is 16.3. The largest absolute Gasteiger partial charge is 0.456 e. The van der Waals surface area contributed by atoms with E-state index in [1.807, 2.05) is 12.1 Å². The Morgan fingerprint density at radius 2 is 0.756 bits per heavy atom. The zero-order valence-electron chi connectivity index (χ0n) is 42.3. The summed E-state index contributed by atoms with van der Waals surface area (Å²) in [5, 5.41) is 4.31. The third kappa shape index (κ3) is 6.55. The number of para-hydroxylation sites is 4. The maximum atomic E-state index is 7.50. The molecule has 1 spiro atoms. The van der Waals surface area contributed by atoms with Crippen LogP contribution in [0.2, 0.25) is 0 Å². The van der Waals surface area contributed by atoms with Crippen LogP contribution in [0, 0.1) is 0 Å². The maximum Gasteiger partial charge on any atom is 0.159 e. The van der Waals surface area contributed by atoms with Crippen LogP contribution >= 0.6 is 0 Å². The van der Waals surface area contributed by atoms with Crippen LogP contribution in [0.25, 0.3) is 66.1 Å². The zero-order chi connectivity index (χ0) is 51.3. The minimum absolute atomic E-state index is 0.769. The highest BCUT2D eigenvalue weighted by Gasteiger charge is 2.53. The molecule has 0 unspecified atom stereocenters. The molecule has 78 heavy (non-hydrogen) atoms. The average molecular weight is 998 g/mol. The Morgan fingerprint density at radius 1 is 0.295 bits per heavy atom. The molecule has 2 aliphatic rings. The van der Waals surface area contributed by atoms with E-state index in [1.54, 1.807) is 0 Å². The second-order valence-corrected chi connectivity index (χ2v) is 20.4. The number of nitrogens with zero attached hydrogens (tertiary/aromatic N) is 3. The van der Waals surface area contributed by atoms with Crippen molar-refractivity contribution in [3.8, 4) is 22.3 Å². The molecule has 0 saturated carbocycles. The van der Waals surface area contributed by atoms with Crippen molar-refractivity contribution in [2.24, 2.45) is 0 Å². The topological polar surface area (TPSA) is 36.0 Å². The molecule has 3 heterocycles. The summed E-state index contributed by atoms with van der Waals surface area (Å²) in [7, 11) is 0. The van der Waals surface area contributed by atoms with E-state index in [0.29, 0.717) is 0 Å². The number of benzene rings is 12. The van der Waals surface area contributed by atoms with Crippen LogP contribution in [0.4, 0.5) is 51.2 Å². The third-order valence-corrected chi connectivity index (χ3v) is 16.2. The molecule has 5 heteroatoms. The van der Waals surface area contributed by atoms with E-state index in [-0.39, 0.29) is 0 Å². The number of hydrogen-bond donors (Lipinski definition) is 0. The Morgan fingerprint density at radius 3 is 1.38 bits per heavy atom. The SMILES string of the molecule is c1ccc(-c2ccc(N3c4ccc(N(c5ccccc5)c5ccc6c(c5)oc5ccccc56)cc4C4(c5ccccc5-c5ccccc54)c4ccc5c(oc6cc(N(c7ccccc7)c7ccccc7)ccc65)c43)cc2)cc1. The highest BCUT2D eigenvalue weighted by Crippen LogP contribution is 2.65. The monoisotopic (exact) mass is 997 g/mol. The first kappa shape index (κ1) is 44.0. The summed E-state index contributed by atoms with van der Waals surface area (Å²) in [5.41, 5.74) is 21.5. The molecule has 0 atom stereocenters. The van der Waals surface area contributed by atoms with Gasteiger partial charge in [0.05, 0.1) is 16.8 Å². The molecule has 366 valence electrons.